The molecular formula is C20H27N3O4S. The van der Waals surface area contributed by atoms with Gasteiger partial charge in [0.15, 0.2) is 5.75 Å². The topological polar surface area (TPSA) is 84.7 Å². The molecule has 0 spiro atoms. The molecule has 3 rings (SSSR count). The van der Waals surface area contributed by atoms with Crippen LogP contribution in [0.4, 0.5) is 10.6 Å². The first-order valence-electron chi connectivity index (χ1n) is 9.66. The zero-order valence-corrected chi connectivity index (χ0v) is 17.5. The number of rotatable bonds is 5. The number of hydrogen-bond donors (Lipinski definition) is 1. The van der Waals surface area contributed by atoms with Gasteiger partial charge in [-0.1, -0.05) is 6.92 Å². The number of hydrogen-bond acceptors (Lipinski definition) is 5. The fourth-order valence-electron chi connectivity index (χ4n) is 3.65. The lowest BCUT2D eigenvalue weighted by Crippen LogP contribution is -2.42. The number of ether oxygens (including phenoxy) is 1. The Morgan fingerprint density at radius 3 is 2.50 bits per heavy atom. The fraction of sp³-hybridized carbons (Fsp3) is 0.550. The Balaban J connectivity index is 1.97. The lowest BCUT2D eigenvalue weighted by molar-refractivity contribution is -0.124. The average molecular weight is 406 g/mol. The molecule has 1 aliphatic carbocycles. The molecule has 0 aliphatic heterocycles. The van der Waals surface area contributed by atoms with Crippen LogP contribution in [0.1, 0.15) is 51.3 Å². The van der Waals surface area contributed by atoms with Crippen LogP contribution in [-0.4, -0.2) is 33.0 Å². The van der Waals surface area contributed by atoms with E-state index in [2.05, 4.69) is 12.0 Å². The minimum Gasteiger partial charge on any atom is -0.449 e. The van der Waals surface area contributed by atoms with Crippen LogP contribution in [0.15, 0.2) is 18.3 Å². The molecule has 1 fully saturated rings. The van der Waals surface area contributed by atoms with Gasteiger partial charge >= 0.3 is 6.16 Å². The predicted octanol–water partition coefficient (Wildman–Crippen LogP) is 4.87. The zero-order valence-electron chi connectivity index (χ0n) is 16.7. The van der Waals surface area contributed by atoms with Crippen molar-refractivity contribution in [1.29, 1.82) is 0 Å². The van der Waals surface area contributed by atoms with E-state index in [1.807, 2.05) is 32.9 Å². The van der Waals surface area contributed by atoms with Crippen LogP contribution in [-0.2, 0) is 4.79 Å². The van der Waals surface area contributed by atoms with Gasteiger partial charge in [-0.05, 0) is 64.5 Å². The molecule has 8 heteroatoms. The highest BCUT2D eigenvalue weighted by molar-refractivity contribution is 7.14. The summed E-state index contributed by atoms with van der Waals surface area (Å²) in [7, 11) is 0. The second kappa shape index (κ2) is 8.34. The Kier molecular flexibility index (Phi) is 6.07. The van der Waals surface area contributed by atoms with Crippen molar-refractivity contribution in [2.75, 3.05) is 4.90 Å². The van der Waals surface area contributed by atoms with Crippen LogP contribution < -0.4 is 9.64 Å². The quantitative estimate of drug-likeness (QED) is 0.718. The van der Waals surface area contributed by atoms with Gasteiger partial charge in [-0.3, -0.25) is 9.69 Å². The summed E-state index contributed by atoms with van der Waals surface area (Å²) in [5.74, 6) is 0.899. The largest absolute Gasteiger partial charge is 0.511 e. The molecule has 28 heavy (non-hydrogen) atoms. The van der Waals surface area contributed by atoms with Gasteiger partial charge in [-0.15, -0.1) is 16.4 Å². The first kappa shape index (κ1) is 20.4. The van der Waals surface area contributed by atoms with E-state index in [0.29, 0.717) is 5.92 Å². The van der Waals surface area contributed by atoms with Crippen molar-refractivity contribution in [2.24, 2.45) is 11.8 Å². The van der Waals surface area contributed by atoms with Gasteiger partial charge in [0, 0.05) is 16.8 Å². The van der Waals surface area contributed by atoms with E-state index in [1.165, 1.54) is 17.5 Å². The monoisotopic (exact) mass is 405 g/mol. The number of carbonyl (C=O) groups excluding carboxylic acids is 1. The molecule has 1 aliphatic rings. The number of carboxylic acid groups (broad SMARTS) is 1. The summed E-state index contributed by atoms with van der Waals surface area (Å²) < 4.78 is 6.56. The molecule has 2 heterocycles. The zero-order chi connectivity index (χ0) is 20.4. The Morgan fingerprint density at radius 2 is 1.96 bits per heavy atom. The van der Waals surface area contributed by atoms with E-state index in [4.69, 9.17) is 9.84 Å². The van der Waals surface area contributed by atoms with Crippen molar-refractivity contribution in [3.05, 3.63) is 23.2 Å². The first-order chi connectivity index (χ1) is 13.3. The molecular weight excluding hydrogens is 378 g/mol. The number of anilines is 1. The molecule has 0 bridgehead atoms. The van der Waals surface area contributed by atoms with Crippen molar-refractivity contribution in [3.63, 3.8) is 0 Å². The molecule has 0 saturated heterocycles. The second-order valence-electron chi connectivity index (χ2n) is 7.77. The number of nitrogens with zero attached hydrogens (tertiary/aromatic N) is 3. The van der Waals surface area contributed by atoms with E-state index >= 15 is 0 Å². The minimum atomic E-state index is -1.43. The van der Waals surface area contributed by atoms with Gasteiger partial charge in [0.2, 0.25) is 11.7 Å². The summed E-state index contributed by atoms with van der Waals surface area (Å²) >= 11 is 1.53. The molecule has 2 aromatic rings. The maximum absolute atomic E-state index is 13.3. The van der Waals surface area contributed by atoms with Crippen LogP contribution in [0.5, 0.6) is 5.75 Å². The van der Waals surface area contributed by atoms with Gasteiger partial charge in [0.05, 0.1) is 6.20 Å². The third kappa shape index (κ3) is 4.38. The Hall–Kier alpha value is -2.35. The maximum Gasteiger partial charge on any atom is 0.511 e. The molecule has 7 nitrogen and oxygen atoms in total. The van der Waals surface area contributed by atoms with Crippen molar-refractivity contribution in [2.45, 2.75) is 59.4 Å². The van der Waals surface area contributed by atoms with Gasteiger partial charge in [0.25, 0.3) is 0 Å². The first-order valence-corrected chi connectivity index (χ1v) is 10.5. The van der Waals surface area contributed by atoms with E-state index < -0.39 is 6.16 Å². The molecule has 0 radical (unpaired) electrons. The summed E-state index contributed by atoms with van der Waals surface area (Å²) in [6.07, 6.45) is 3.87. The smallest absolute Gasteiger partial charge is 0.449 e. The van der Waals surface area contributed by atoms with Crippen molar-refractivity contribution >= 4 is 29.2 Å². The van der Waals surface area contributed by atoms with Gasteiger partial charge in [-0.2, -0.15) is 0 Å². The highest BCUT2D eigenvalue weighted by atomic mass is 32.1. The summed E-state index contributed by atoms with van der Waals surface area (Å²) in [6, 6.07) is 3.70. The maximum atomic E-state index is 13.3. The third-order valence-corrected chi connectivity index (χ3v) is 6.15. The molecule has 1 saturated carbocycles. The molecule has 152 valence electrons. The van der Waals surface area contributed by atoms with Crippen LogP contribution in [0, 0.1) is 18.8 Å². The van der Waals surface area contributed by atoms with Crippen molar-refractivity contribution in [3.8, 4) is 10.8 Å². The van der Waals surface area contributed by atoms with Crippen LogP contribution in [0.3, 0.4) is 0 Å². The van der Waals surface area contributed by atoms with Crippen LogP contribution >= 0.6 is 11.3 Å². The summed E-state index contributed by atoms with van der Waals surface area (Å²) in [5.41, 5.74) is 0. The van der Waals surface area contributed by atoms with Gasteiger partial charge in [0.1, 0.15) is 5.00 Å². The van der Waals surface area contributed by atoms with E-state index in [1.54, 1.807) is 9.58 Å². The average Bonchev–Trinajstić information content (AvgIpc) is 3.22. The number of carbonyl (C=O) groups is 2. The highest BCUT2D eigenvalue weighted by Gasteiger charge is 2.34. The van der Waals surface area contributed by atoms with Crippen LogP contribution in [0.2, 0.25) is 0 Å². The number of thiophene rings is 1. The second-order valence-corrected chi connectivity index (χ2v) is 9.04. The number of aryl methyl sites for hydroxylation is 1. The Morgan fingerprint density at radius 1 is 1.29 bits per heavy atom. The summed E-state index contributed by atoms with van der Waals surface area (Å²) in [5, 5.41) is 14.5. The van der Waals surface area contributed by atoms with Gasteiger partial charge < -0.3 is 9.84 Å². The normalized spacial score (nSPS) is 19.6. The Bertz CT molecular complexity index is 850. The molecule has 2 aromatic heterocycles. The standard InChI is InChI=1S/C20H27N3O4S/c1-12(2)23(19(24)15-8-5-13(3)6-9-15)18-16(27-20(25)26)11-22(21-18)17-10-7-14(4)28-17/h7,10-13,15H,5-6,8-9H2,1-4H3,(H,25,26). The lowest BCUT2D eigenvalue weighted by atomic mass is 9.82. The molecule has 1 N–H and O–H groups in total. The van der Waals surface area contributed by atoms with Crippen molar-refractivity contribution in [1.82, 2.24) is 9.78 Å². The SMILES string of the molecule is Cc1ccc(-n2cc(OC(=O)O)c(N(C(=O)C3CCC(C)CC3)C(C)C)n2)s1. The molecule has 0 atom stereocenters. The predicted molar refractivity (Wildman–Crippen MR) is 109 cm³/mol. The highest BCUT2D eigenvalue weighted by Crippen LogP contribution is 2.35. The molecule has 0 aromatic carbocycles. The summed E-state index contributed by atoms with van der Waals surface area (Å²) in [6.45, 7) is 8.01. The Labute approximate surface area is 168 Å². The molecule has 1 amide bonds. The van der Waals surface area contributed by atoms with E-state index in [-0.39, 0.29) is 29.4 Å². The van der Waals surface area contributed by atoms with E-state index in [9.17, 15) is 9.59 Å². The number of amides is 1. The van der Waals surface area contributed by atoms with Gasteiger partial charge in [-0.25, -0.2) is 9.48 Å². The van der Waals surface area contributed by atoms with E-state index in [0.717, 1.165) is 35.6 Å². The van der Waals surface area contributed by atoms with Crippen molar-refractivity contribution < 1.29 is 19.4 Å². The minimum absolute atomic E-state index is 0.00949. The fourth-order valence-corrected chi connectivity index (χ4v) is 4.44. The van der Waals surface area contributed by atoms with Crippen LogP contribution in [0.25, 0.3) is 5.00 Å². The lowest BCUT2D eigenvalue weighted by Gasteiger charge is -2.32. The molecule has 0 unspecified atom stereocenters. The third-order valence-electron chi connectivity index (χ3n) is 5.16. The summed E-state index contributed by atoms with van der Waals surface area (Å²) in [4.78, 5) is 27.2. The number of aromatic nitrogens is 2.